The minimum absolute atomic E-state index is 0.0846. The number of rotatable bonds is 7. The molecule has 28 heavy (non-hydrogen) atoms. The van der Waals surface area contributed by atoms with Gasteiger partial charge in [-0.25, -0.2) is 4.98 Å². The van der Waals surface area contributed by atoms with Crippen LogP contribution < -0.4 is 15.8 Å². The van der Waals surface area contributed by atoms with Crippen LogP contribution in [0, 0.1) is 5.41 Å². The summed E-state index contributed by atoms with van der Waals surface area (Å²) in [6, 6.07) is 3.75. The van der Waals surface area contributed by atoms with Gasteiger partial charge >= 0.3 is 0 Å². The number of carbonyl (C=O) groups excluding carboxylic acids is 1. The summed E-state index contributed by atoms with van der Waals surface area (Å²) in [4.78, 5) is 17.0. The second kappa shape index (κ2) is 8.04. The Morgan fingerprint density at radius 3 is 2.64 bits per heavy atom. The fourth-order valence-corrected chi connectivity index (χ4v) is 3.20. The van der Waals surface area contributed by atoms with Crippen molar-refractivity contribution in [3.8, 4) is 5.88 Å². The van der Waals surface area contributed by atoms with E-state index in [4.69, 9.17) is 15.9 Å². The van der Waals surface area contributed by atoms with Crippen LogP contribution in [0.1, 0.15) is 74.6 Å². The zero-order valence-corrected chi connectivity index (χ0v) is 17.0. The van der Waals surface area contributed by atoms with Crippen molar-refractivity contribution in [1.29, 1.82) is 5.41 Å². The highest BCUT2D eigenvalue weighted by Crippen LogP contribution is 2.28. The molecule has 7 heteroatoms. The highest BCUT2D eigenvalue weighted by molar-refractivity contribution is 6.16. The first-order valence-corrected chi connectivity index (χ1v) is 9.81. The van der Waals surface area contributed by atoms with Gasteiger partial charge in [0.05, 0.1) is 17.4 Å². The number of nitrogens with two attached hydrogens (primary N) is 1. The lowest BCUT2D eigenvalue weighted by Crippen LogP contribution is -2.40. The summed E-state index contributed by atoms with van der Waals surface area (Å²) in [6.07, 6.45) is 6.52. The van der Waals surface area contributed by atoms with Gasteiger partial charge < -0.3 is 20.4 Å². The molecule has 1 saturated carbocycles. The molecule has 4 N–H and O–H groups in total. The molecule has 3 rings (SSSR count). The predicted octanol–water partition coefficient (Wildman–Crippen LogP) is 3.53. The lowest BCUT2D eigenvalue weighted by molar-refractivity contribution is 0.0906. The Balaban J connectivity index is 1.96. The van der Waals surface area contributed by atoms with Crippen LogP contribution in [0.3, 0.4) is 0 Å². The van der Waals surface area contributed by atoms with Crippen LogP contribution >= 0.6 is 0 Å². The van der Waals surface area contributed by atoms with Crippen molar-refractivity contribution < 1.29 is 9.53 Å². The number of nitrogens with zero attached hydrogens (tertiary/aromatic N) is 2. The average Bonchev–Trinajstić information content (AvgIpc) is 3.03. The molecule has 0 aromatic carbocycles. The van der Waals surface area contributed by atoms with Gasteiger partial charge in [-0.15, -0.1) is 0 Å². The molecule has 1 aliphatic carbocycles. The molecule has 0 saturated heterocycles. The highest BCUT2D eigenvalue weighted by Gasteiger charge is 2.25. The lowest BCUT2D eigenvalue weighted by Gasteiger charge is -2.26. The largest absolute Gasteiger partial charge is 0.474 e. The van der Waals surface area contributed by atoms with Gasteiger partial charge in [-0.2, -0.15) is 0 Å². The van der Waals surface area contributed by atoms with E-state index in [1.54, 1.807) is 18.3 Å². The zero-order chi connectivity index (χ0) is 20.4. The van der Waals surface area contributed by atoms with Crippen molar-refractivity contribution in [3.05, 3.63) is 41.3 Å². The molecular formula is C21H29N5O2. The van der Waals surface area contributed by atoms with Crippen molar-refractivity contribution >= 4 is 17.3 Å². The second-order valence-electron chi connectivity index (χ2n) is 7.84. The molecule has 0 aliphatic heterocycles. The molecule has 1 aliphatic rings. The summed E-state index contributed by atoms with van der Waals surface area (Å²) in [5.41, 5.74) is 8.37. The number of amides is 1. The SMILES string of the molecule is CC(C)Oc1nccc(N)c1C(=N)c1cc(C(=O)NC2CCC2)n(C(C)C)c1. The third-order valence-electron chi connectivity index (χ3n) is 4.91. The Morgan fingerprint density at radius 2 is 2.07 bits per heavy atom. The van der Waals surface area contributed by atoms with Gasteiger partial charge in [0.1, 0.15) is 5.69 Å². The van der Waals surface area contributed by atoms with E-state index in [0.29, 0.717) is 28.4 Å². The minimum atomic E-state index is -0.102. The number of nitrogens with one attached hydrogen (secondary N) is 2. The Hall–Kier alpha value is -2.83. The molecule has 1 fully saturated rings. The molecule has 0 radical (unpaired) electrons. The van der Waals surface area contributed by atoms with E-state index in [0.717, 1.165) is 19.3 Å². The van der Waals surface area contributed by atoms with Crippen molar-refractivity contribution in [1.82, 2.24) is 14.9 Å². The Morgan fingerprint density at radius 1 is 1.36 bits per heavy atom. The molecule has 0 atom stereocenters. The molecule has 0 spiro atoms. The van der Waals surface area contributed by atoms with Crippen molar-refractivity contribution in [3.63, 3.8) is 0 Å². The molecule has 2 aromatic heterocycles. The van der Waals surface area contributed by atoms with E-state index < -0.39 is 0 Å². The molecule has 1 amide bonds. The molecule has 0 bridgehead atoms. The molecule has 2 aromatic rings. The number of aromatic nitrogens is 2. The average molecular weight is 383 g/mol. The maximum absolute atomic E-state index is 12.8. The molecule has 2 heterocycles. The van der Waals surface area contributed by atoms with Crippen LogP contribution in [-0.2, 0) is 0 Å². The van der Waals surface area contributed by atoms with Crippen molar-refractivity contribution in [2.75, 3.05) is 5.73 Å². The third-order valence-corrected chi connectivity index (χ3v) is 4.91. The summed E-state index contributed by atoms with van der Waals surface area (Å²) in [5, 5.41) is 11.8. The van der Waals surface area contributed by atoms with E-state index >= 15 is 0 Å². The normalized spacial score (nSPS) is 14.2. The Bertz CT molecular complexity index is 881. The van der Waals surface area contributed by atoms with E-state index in [1.165, 1.54) is 0 Å². The third kappa shape index (κ3) is 4.03. The van der Waals surface area contributed by atoms with Gasteiger partial charge in [0.15, 0.2) is 0 Å². The van der Waals surface area contributed by atoms with Crippen LogP contribution in [0.2, 0.25) is 0 Å². The van der Waals surface area contributed by atoms with E-state index in [2.05, 4.69) is 10.3 Å². The smallest absolute Gasteiger partial charge is 0.268 e. The monoisotopic (exact) mass is 383 g/mol. The number of hydrogen-bond acceptors (Lipinski definition) is 5. The summed E-state index contributed by atoms with van der Waals surface area (Å²) in [6.45, 7) is 7.82. The number of hydrogen-bond donors (Lipinski definition) is 3. The summed E-state index contributed by atoms with van der Waals surface area (Å²) >= 11 is 0. The standard InChI is InChI=1S/C21H29N5O2/c1-12(2)26-11-14(10-17(26)20(27)25-15-6-5-7-15)19(23)18-16(22)8-9-24-21(18)28-13(3)4/h8-13,15,23H,5-7H2,1-4H3,(H2,22,24)(H,25,27). The fourth-order valence-electron chi connectivity index (χ4n) is 3.20. The van der Waals surface area contributed by atoms with Crippen LogP contribution in [-0.4, -0.2) is 33.3 Å². The molecule has 7 nitrogen and oxygen atoms in total. The first-order valence-electron chi connectivity index (χ1n) is 9.81. The number of ether oxygens (including phenoxy) is 1. The van der Waals surface area contributed by atoms with Gasteiger partial charge in [-0.05, 0) is 59.1 Å². The van der Waals surface area contributed by atoms with Crippen LogP contribution in [0.25, 0.3) is 0 Å². The number of carbonyl (C=O) groups is 1. The topological polar surface area (TPSA) is 106 Å². The van der Waals surface area contributed by atoms with E-state index in [-0.39, 0.29) is 29.8 Å². The van der Waals surface area contributed by atoms with Crippen LogP contribution in [0.5, 0.6) is 5.88 Å². The lowest BCUT2D eigenvalue weighted by atomic mass is 9.93. The Kier molecular flexibility index (Phi) is 5.72. The summed E-state index contributed by atoms with van der Waals surface area (Å²) in [5.74, 6) is 0.230. The maximum Gasteiger partial charge on any atom is 0.268 e. The van der Waals surface area contributed by atoms with Gasteiger partial charge in [0.2, 0.25) is 5.88 Å². The highest BCUT2D eigenvalue weighted by atomic mass is 16.5. The first kappa shape index (κ1) is 19.9. The first-order chi connectivity index (χ1) is 13.3. The van der Waals surface area contributed by atoms with Gasteiger partial charge in [-0.1, -0.05) is 0 Å². The maximum atomic E-state index is 12.8. The number of pyridine rings is 1. The van der Waals surface area contributed by atoms with Gasteiger partial charge in [-0.3, -0.25) is 10.2 Å². The van der Waals surface area contributed by atoms with E-state index in [1.807, 2.05) is 38.5 Å². The van der Waals surface area contributed by atoms with E-state index in [9.17, 15) is 4.79 Å². The summed E-state index contributed by atoms with van der Waals surface area (Å²) in [7, 11) is 0. The zero-order valence-electron chi connectivity index (χ0n) is 17.0. The predicted molar refractivity (Wildman–Crippen MR) is 110 cm³/mol. The Labute approximate surface area is 165 Å². The second-order valence-corrected chi connectivity index (χ2v) is 7.84. The summed E-state index contributed by atoms with van der Waals surface area (Å²) < 4.78 is 7.65. The number of anilines is 1. The van der Waals surface area contributed by atoms with Gasteiger partial charge in [0, 0.05) is 35.7 Å². The van der Waals surface area contributed by atoms with Crippen LogP contribution in [0.15, 0.2) is 24.5 Å². The van der Waals surface area contributed by atoms with Crippen LogP contribution in [0.4, 0.5) is 5.69 Å². The van der Waals surface area contributed by atoms with Crippen molar-refractivity contribution in [2.24, 2.45) is 0 Å². The molecule has 0 unspecified atom stereocenters. The molecular weight excluding hydrogens is 354 g/mol. The van der Waals surface area contributed by atoms with Crippen molar-refractivity contribution in [2.45, 2.75) is 65.1 Å². The quantitative estimate of drug-likeness (QED) is 0.636. The van der Waals surface area contributed by atoms with Gasteiger partial charge in [0.25, 0.3) is 5.91 Å². The molecule has 150 valence electrons. The fraction of sp³-hybridized carbons (Fsp3) is 0.476. The number of nitrogen functional groups attached to an aromatic ring is 1. The minimum Gasteiger partial charge on any atom is -0.474 e.